The van der Waals surface area contributed by atoms with E-state index in [1.165, 1.54) is 11.1 Å². The van der Waals surface area contributed by atoms with E-state index in [0.717, 1.165) is 49.3 Å². The normalized spacial score (nSPS) is 14.0. The Kier molecular flexibility index (Phi) is 7.32. The number of nitrogens with one attached hydrogen (secondary N) is 1. The van der Waals surface area contributed by atoms with Crippen molar-refractivity contribution in [2.24, 2.45) is 0 Å². The third-order valence-electron chi connectivity index (χ3n) is 5.63. The van der Waals surface area contributed by atoms with Gasteiger partial charge >= 0.3 is 0 Å². The summed E-state index contributed by atoms with van der Waals surface area (Å²) in [5, 5.41) is 3.56. The molecule has 1 aliphatic heterocycles. The molecule has 0 fully saturated rings. The number of rotatable bonds is 9. The lowest BCUT2D eigenvalue weighted by molar-refractivity contribution is 0.133. The molecule has 0 spiro atoms. The SMILES string of the molecule is COc1ccc(CN2CC=C(NCc3cccc(N)n3)N(Cc3ccc(OC)cc3)C2)cc1. The van der Waals surface area contributed by atoms with E-state index in [1.54, 1.807) is 20.3 Å². The number of pyridine rings is 1. The molecule has 7 heteroatoms. The van der Waals surface area contributed by atoms with Crippen LogP contribution >= 0.6 is 0 Å². The first kappa shape index (κ1) is 22.5. The summed E-state index contributed by atoms with van der Waals surface area (Å²) in [6, 6.07) is 22.2. The number of nitrogen functional groups attached to an aromatic ring is 1. The summed E-state index contributed by atoms with van der Waals surface area (Å²) >= 11 is 0. The van der Waals surface area contributed by atoms with E-state index in [1.807, 2.05) is 36.4 Å². The van der Waals surface area contributed by atoms with Crippen LogP contribution in [0.2, 0.25) is 0 Å². The Hall–Kier alpha value is -3.71. The number of methoxy groups -OCH3 is 2. The Bertz CT molecular complexity index is 1070. The van der Waals surface area contributed by atoms with Crippen molar-refractivity contribution in [1.29, 1.82) is 0 Å². The Morgan fingerprint density at radius 2 is 1.52 bits per heavy atom. The zero-order valence-electron chi connectivity index (χ0n) is 19.2. The molecule has 3 N–H and O–H groups in total. The summed E-state index contributed by atoms with van der Waals surface area (Å²) in [5.74, 6) is 3.37. The third-order valence-corrected chi connectivity index (χ3v) is 5.63. The summed E-state index contributed by atoms with van der Waals surface area (Å²) in [7, 11) is 3.38. The molecule has 7 nitrogen and oxygen atoms in total. The first-order valence-corrected chi connectivity index (χ1v) is 11.0. The van der Waals surface area contributed by atoms with E-state index in [4.69, 9.17) is 15.2 Å². The molecule has 33 heavy (non-hydrogen) atoms. The summed E-state index contributed by atoms with van der Waals surface area (Å²) in [6.45, 7) is 3.93. The van der Waals surface area contributed by atoms with Gasteiger partial charge in [-0.1, -0.05) is 30.3 Å². The molecular formula is C26H31N5O2. The van der Waals surface area contributed by atoms with Crippen molar-refractivity contribution >= 4 is 5.82 Å². The van der Waals surface area contributed by atoms with Crippen molar-refractivity contribution in [3.63, 3.8) is 0 Å². The minimum atomic E-state index is 0.535. The molecule has 0 unspecified atom stereocenters. The van der Waals surface area contributed by atoms with Crippen LogP contribution in [0.4, 0.5) is 5.82 Å². The van der Waals surface area contributed by atoms with Crippen LogP contribution in [0.5, 0.6) is 11.5 Å². The largest absolute Gasteiger partial charge is 0.497 e. The van der Waals surface area contributed by atoms with Gasteiger partial charge < -0.3 is 25.4 Å². The van der Waals surface area contributed by atoms with Crippen LogP contribution in [-0.4, -0.2) is 42.2 Å². The molecule has 0 saturated heterocycles. The minimum Gasteiger partial charge on any atom is -0.497 e. The van der Waals surface area contributed by atoms with Gasteiger partial charge in [0.05, 0.1) is 33.1 Å². The van der Waals surface area contributed by atoms with E-state index >= 15 is 0 Å². The quantitative estimate of drug-likeness (QED) is 0.521. The van der Waals surface area contributed by atoms with Gasteiger partial charge in [0.2, 0.25) is 0 Å². The summed E-state index contributed by atoms with van der Waals surface area (Å²) in [5.41, 5.74) is 9.24. The third kappa shape index (κ3) is 6.17. The van der Waals surface area contributed by atoms with E-state index in [-0.39, 0.29) is 0 Å². The van der Waals surface area contributed by atoms with Crippen molar-refractivity contribution in [3.8, 4) is 11.5 Å². The van der Waals surface area contributed by atoms with E-state index in [0.29, 0.717) is 12.4 Å². The fourth-order valence-corrected chi connectivity index (χ4v) is 3.87. The van der Waals surface area contributed by atoms with E-state index in [2.05, 4.69) is 50.4 Å². The maximum Gasteiger partial charge on any atom is 0.123 e. The maximum absolute atomic E-state index is 5.84. The molecule has 3 aromatic rings. The Labute approximate surface area is 195 Å². The highest BCUT2D eigenvalue weighted by molar-refractivity contribution is 5.30. The predicted octanol–water partition coefficient (Wildman–Crippen LogP) is 3.59. The molecule has 0 atom stereocenters. The van der Waals surface area contributed by atoms with E-state index in [9.17, 15) is 0 Å². The number of aromatic nitrogens is 1. The first-order chi connectivity index (χ1) is 16.1. The van der Waals surface area contributed by atoms with Crippen LogP contribution in [0.3, 0.4) is 0 Å². The molecule has 2 aromatic carbocycles. The second-order valence-electron chi connectivity index (χ2n) is 8.04. The van der Waals surface area contributed by atoms with Gasteiger partial charge in [-0.05, 0) is 53.6 Å². The van der Waals surface area contributed by atoms with Gasteiger partial charge in [0.1, 0.15) is 23.1 Å². The van der Waals surface area contributed by atoms with Gasteiger partial charge in [-0.15, -0.1) is 0 Å². The first-order valence-electron chi connectivity index (χ1n) is 11.0. The summed E-state index contributed by atoms with van der Waals surface area (Å²) in [6.07, 6.45) is 2.24. The van der Waals surface area contributed by atoms with Crippen molar-refractivity contribution in [1.82, 2.24) is 20.1 Å². The molecule has 4 rings (SSSR count). The van der Waals surface area contributed by atoms with Crippen molar-refractivity contribution < 1.29 is 9.47 Å². The van der Waals surface area contributed by atoms with Gasteiger partial charge in [-0.25, -0.2) is 4.98 Å². The highest BCUT2D eigenvalue weighted by Crippen LogP contribution is 2.20. The van der Waals surface area contributed by atoms with Gasteiger partial charge in [0, 0.05) is 19.6 Å². The number of hydrogen-bond donors (Lipinski definition) is 2. The number of nitrogens with two attached hydrogens (primary N) is 1. The summed E-state index contributed by atoms with van der Waals surface area (Å²) in [4.78, 5) is 9.17. The van der Waals surface area contributed by atoms with Crippen LogP contribution in [0.25, 0.3) is 0 Å². The van der Waals surface area contributed by atoms with Gasteiger partial charge in [-0.3, -0.25) is 4.90 Å². The topological polar surface area (TPSA) is 75.9 Å². The highest BCUT2D eigenvalue weighted by Gasteiger charge is 2.20. The highest BCUT2D eigenvalue weighted by atomic mass is 16.5. The summed E-state index contributed by atoms with van der Waals surface area (Å²) < 4.78 is 10.6. The number of anilines is 1. The fourth-order valence-electron chi connectivity index (χ4n) is 3.87. The van der Waals surface area contributed by atoms with Crippen molar-refractivity contribution in [2.75, 3.05) is 33.2 Å². The Morgan fingerprint density at radius 1 is 0.879 bits per heavy atom. The molecule has 172 valence electrons. The Morgan fingerprint density at radius 3 is 2.12 bits per heavy atom. The van der Waals surface area contributed by atoms with E-state index < -0.39 is 0 Å². The lowest BCUT2D eigenvalue weighted by Gasteiger charge is -2.37. The molecule has 0 saturated carbocycles. The van der Waals surface area contributed by atoms with Gasteiger partial charge in [-0.2, -0.15) is 0 Å². The van der Waals surface area contributed by atoms with Crippen molar-refractivity contribution in [3.05, 3.63) is 95.4 Å². The number of nitrogens with zero attached hydrogens (tertiary/aromatic N) is 3. The van der Waals surface area contributed by atoms with Crippen LogP contribution in [-0.2, 0) is 19.6 Å². The zero-order chi connectivity index (χ0) is 23.0. The van der Waals surface area contributed by atoms with Gasteiger partial charge in [0.25, 0.3) is 0 Å². The standard InChI is InChI=1S/C26H31N5O2/c1-32-23-10-6-20(7-11-23)17-30-15-14-26(28-16-22-4-3-5-25(27)29-22)31(19-30)18-21-8-12-24(33-2)13-9-21/h3-14,28H,15-19H2,1-2H3,(H2,27,29). The number of ether oxygens (including phenoxy) is 2. The number of hydrogen-bond acceptors (Lipinski definition) is 7. The lowest BCUT2D eigenvalue weighted by atomic mass is 10.1. The maximum atomic E-state index is 5.84. The molecular weight excluding hydrogens is 414 g/mol. The predicted molar refractivity (Wildman–Crippen MR) is 130 cm³/mol. The average Bonchev–Trinajstić information content (AvgIpc) is 2.84. The van der Waals surface area contributed by atoms with Crippen molar-refractivity contribution in [2.45, 2.75) is 19.6 Å². The second-order valence-corrected chi connectivity index (χ2v) is 8.04. The molecule has 2 heterocycles. The fraction of sp³-hybridized carbons (Fsp3) is 0.269. The van der Waals surface area contributed by atoms with Gasteiger partial charge in [0.15, 0.2) is 0 Å². The molecule has 0 bridgehead atoms. The van der Waals surface area contributed by atoms with Crippen LogP contribution in [0.1, 0.15) is 16.8 Å². The Balaban J connectivity index is 1.47. The zero-order valence-corrected chi connectivity index (χ0v) is 19.2. The monoisotopic (exact) mass is 445 g/mol. The smallest absolute Gasteiger partial charge is 0.123 e. The molecule has 1 aromatic heterocycles. The molecule has 1 aliphatic rings. The average molecular weight is 446 g/mol. The number of benzene rings is 2. The van der Waals surface area contributed by atoms with Crippen LogP contribution < -0.4 is 20.5 Å². The molecule has 0 radical (unpaired) electrons. The van der Waals surface area contributed by atoms with Crippen LogP contribution in [0, 0.1) is 0 Å². The molecule has 0 aliphatic carbocycles. The van der Waals surface area contributed by atoms with Crippen LogP contribution in [0.15, 0.2) is 78.6 Å². The lowest BCUT2D eigenvalue weighted by Crippen LogP contribution is -2.44. The molecule has 0 amide bonds. The minimum absolute atomic E-state index is 0.535. The second kappa shape index (κ2) is 10.7.